The van der Waals surface area contributed by atoms with Crippen molar-refractivity contribution in [1.29, 1.82) is 0 Å². The summed E-state index contributed by atoms with van der Waals surface area (Å²) in [5.74, 6) is 0.981. The molecule has 0 aliphatic carbocycles. The van der Waals surface area contributed by atoms with E-state index in [1.54, 1.807) is 0 Å². The Morgan fingerprint density at radius 3 is 2.33 bits per heavy atom. The van der Waals surface area contributed by atoms with Crippen LogP contribution in [0.25, 0.3) is 0 Å². The molecule has 1 rings (SSSR count). The van der Waals surface area contributed by atoms with Crippen molar-refractivity contribution >= 4 is 0 Å². The molecule has 0 atom stereocenters. The first kappa shape index (κ1) is 12.0. The molecule has 0 spiro atoms. The molecule has 0 radical (unpaired) electrons. The van der Waals surface area contributed by atoms with Crippen LogP contribution in [-0.2, 0) is 5.41 Å². The average molecular weight is 207 g/mol. The zero-order valence-corrected chi connectivity index (χ0v) is 10.6. The quantitative estimate of drug-likeness (QED) is 0.741. The molecule has 0 aliphatic heterocycles. The fourth-order valence-electron chi connectivity index (χ4n) is 1.97. The second-order valence-electron chi connectivity index (χ2n) is 4.91. The molecule has 0 fully saturated rings. The Labute approximate surface area is 92.7 Å². The zero-order valence-electron chi connectivity index (χ0n) is 10.6. The van der Waals surface area contributed by atoms with Crippen molar-refractivity contribution in [2.45, 2.75) is 47.0 Å². The van der Waals surface area contributed by atoms with E-state index in [1.165, 1.54) is 5.56 Å². The molecule has 84 valence electrons. The van der Waals surface area contributed by atoms with E-state index < -0.39 is 0 Å². The molecule has 2 heteroatoms. The molecule has 0 bridgehead atoms. The molecule has 0 aliphatic rings. The topological polar surface area (TPSA) is 22.1 Å². The highest BCUT2D eigenvalue weighted by molar-refractivity contribution is 5.42. The third kappa shape index (κ3) is 2.71. The van der Waals surface area contributed by atoms with E-state index in [1.807, 2.05) is 19.9 Å². The lowest BCUT2D eigenvalue weighted by Crippen LogP contribution is -2.16. The highest BCUT2D eigenvalue weighted by Crippen LogP contribution is 2.33. The summed E-state index contributed by atoms with van der Waals surface area (Å²) in [5.41, 5.74) is 3.39. The van der Waals surface area contributed by atoms with E-state index in [0.717, 1.165) is 17.1 Å². The van der Waals surface area contributed by atoms with Crippen molar-refractivity contribution in [1.82, 2.24) is 4.98 Å². The summed E-state index contributed by atoms with van der Waals surface area (Å²) in [6.45, 7) is 13.3. The minimum atomic E-state index is 0.0787. The Morgan fingerprint density at radius 2 is 1.87 bits per heavy atom. The monoisotopic (exact) mass is 207 g/mol. The molecule has 0 unspecified atom stereocenters. The SMILES string of the molecule is CCOc1cc(C)nc(C)c1C(C)(C)C. The standard InChI is InChI=1S/C13H21NO/c1-7-15-11-8-9(2)14-10(3)12(11)13(4,5)6/h8H,7H2,1-6H3. The first-order valence-electron chi connectivity index (χ1n) is 5.47. The third-order valence-corrected chi connectivity index (χ3v) is 2.34. The third-order valence-electron chi connectivity index (χ3n) is 2.34. The van der Waals surface area contributed by atoms with Gasteiger partial charge in [0.2, 0.25) is 0 Å². The van der Waals surface area contributed by atoms with Crippen molar-refractivity contribution in [2.24, 2.45) is 0 Å². The number of ether oxygens (including phenoxy) is 1. The molecule has 1 heterocycles. The smallest absolute Gasteiger partial charge is 0.126 e. The van der Waals surface area contributed by atoms with Crippen LogP contribution in [-0.4, -0.2) is 11.6 Å². The Kier molecular flexibility index (Phi) is 3.38. The van der Waals surface area contributed by atoms with Crippen LogP contribution in [0.4, 0.5) is 0 Å². The van der Waals surface area contributed by atoms with Gasteiger partial charge in [-0.1, -0.05) is 20.8 Å². The predicted molar refractivity (Wildman–Crippen MR) is 63.6 cm³/mol. The van der Waals surface area contributed by atoms with Crippen LogP contribution in [0.2, 0.25) is 0 Å². The summed E-state index contributed by atoms with van der Waals surface area (Å²) in [4.78, 5) is 4.50. The molecular formula is C13H21NO. The molecule has 0 N–H and O–H groups in total. The summed E-state index contributed by atoms with van der Waals surface area (Å²) in [5, 5.41) is 0. The van der Waals surface area contributed by atoms with Gasteiger partial charge in [-0.2, -0.15) is 0 Å². The van der Waals surface area contributed by atoms with Crippen molar-refractivity contribution in [3.05, 3.63) is 23.0 Å². The van der Waals surface area contributed by atoms with Crippen LogP contribution in [0.1, 0.15) is 44.6 Å². The summed E-state index contributed by atoms with van der Waals surface area (Å²) in [6, 6.07) is 2.02. The number of nitrogens with zero attached hydrogens (tertiary/aromatic N) is 1. The molecule has 1 aromatic rings. The van der Waals surface area contributed by atoms with Crippen LogP contribution in [0.3, 0.4) is 0 Å². The molecule has 0 saturated carbocycles. The summed E-state index contributed by atoms with van der Waals surface area (Å²) in [6.07, 6.45) is 0. The van der Waals surface area contributed by atoms with Crippen LogP contribution >= 0.6 is 0 Å². The lowest BCUT2D eigenvalue weighted by Gasteiger charge is -2.24. The number of aromatic nitrogens is 1. The largest absolute Gasteiger partial charge is 0.493 e. The minimum absolute atomic E-state index is 0.0787. The minimum Gasteiger partial charge on any atom is -0.493 e. The summed E-state index contributed by atoms with van der Waals surface area (Å²) in [7, 11) is 0. The molecule has 0 saturated heterocycles. The van der Waals surface area contributed by atoms with Gasteiger partial charge >= 0.3 is 0 Å². The van der Waals surface area contributed by atoms with Crippen molar-refractivity contribution < 1.29 is 4.74 Å². The number of pyridine rings is 1. The molecule has 0 aromatic carbocycles. The predicted octanol–water partition coefficient (Wildman–Crippen LogP) is 3.39. The second kappa shape index (κ2) is 4.21. The fraction of sp³-hybridized carbons (Fsp3) is 0.615. The summed E-state index contributed by atoms with van der Waals surface area (Å²) < 4.78 is 5.69. The van der Waals surface area contributed by atoms with E-state index in [0.29, 0.717) is 6.61 Å². The zero-order chi connectivity index (χ0) is 11.6. The molecule has 2 nitrogen and oxygen atoms in total. The van der Waals surface area contributed by atoms with Gasteiger partial charge in [0.05, 0.1) is 6.61 Å². The van der Waals surface area contributed by atoms with Crippen LogP contribution < -0.4 is 4.74 Å². The highest BCUT2D eigenvalue weighted by atomic mass is 16.5. The first-order valence-corrected chi connectivity index (χ1v) is 5.47. The van der Waals surface area contributed by atoms with Gasteiger partial charge in [-0.05, 0) is 26.2 Å². The van der Waals surface area contributed by atoms with Crippen molar-refractivity contribution in [3.63, 3.8) is 0 Å². The van der Waals surface area contributed by atoms with Crippen LogP contribution in [0.5, 0.6) is 5.75 Å². The van der Waals surface area contributed by atoms with Crippen molar-refractivity contribution in [2.75, 3.05) is 6.61 Å². The van der Waals surface area contributed by atoms with Gasteiger partial charge in [-0.15, -0.1) is 0 Å². The number of hydrogen-bond acceptors (Lipinski definition) is 2. The molecule has 0 amide bonds. The normalized spacial score (nSPS) is 11.6. The lowest BCUT2D eigenvalue weighted by atomic mass is 9.85. The van der Waals surface area contributed by atoms with Gasteiger partial charge in [-0.3, -0.25) is 4.98 Å². The van der Waals surface area contributed by atoms with Crippen LogP contribution in [0.15, 0.2) is 6.07 Å². The van der Waals surface area contributed by atoms with Crippen molar-refractivity contribution in [3.8, 4) is 5.75 Å². The fourth-order valence-corrected chi connectivity index (χ4v) is 1.97. The Hall–Kier alpha value is -1.05. The van der Waals surface area contributed by atoms with E-state index in [-0.39, 0.29) is 5.41 Å². The number of rotatable bonds is 2. The van der Waals surface area contributed by atoms with Gasteiger partial charge in [0.25, 0.3) is 0 Å². The van der Waals surface area contributed by atoms with Gasteiger partial charge in [0.1, 0.15) is 5.75 Å². The van der Waals surface area contributed by atoms with Gasteiger partial charge in [0, 0.05) is 23.0 Å². The average Bonchev–Trinajstić information content (AvgIpc) is 1.99. The maximum atomic E-state index is 5.69. The molecule has 15 heavy (non-hydrogen) atoms. The van der Waals surface area contributed by atoms with Crippen LogP contribution in [0, 0.1) is 13.8 Å². The number of aryl methyl sites for hydroxylation is 2. The molecular weight excluding hydrogens is 186 g/mol. The van der Waals surface area contributed by atoms with E-state index in [2.05, 4.69) is 32.7 Å². The molecule has 1 aromatic heterocycles. The Balaban J connectivity index is 3.33. The lowest BCUT2D eigenvalue weighted by molar-refractivity contribution is 0.328. The van der Waals surface area contributed by atoms with E-state index >= 15 is 0 Å². The first-order chi connectivity index (χ1) is 6.86. The Bertz CT molecular complexity index is 350. The highest BCUT2D eigenvalue weighted by Gasteiger charge is 2.22. The van der Waals surface area contributed by atoms with E-state index in [9.17, 15) is 0 Å². The Morgan fingerprint density at radius 1 is 1.27 bits per heavy atom. The maximum Gasteiger partial charge on any atom is 0.126 e. The van der Waals surface area contributed by atoms with Gasteiger partial charge in [0.15, 0.2) is 0 Å². The van der Waals surface area contributed by atoms with Gasteiger partial charge < -0.3 is 4.74 Å². The number of hydrogen-bond donors (Lipinski definition) is 0. The van der Waals surface area contributed by atoms with E-state index in [4.69, 9.17) is 4.74 Å². The summed E-state index contributed by atoms with van der Waals surface area (Å²) >= 11 is 0. The second-order valence-corrected chi connectivity index (χ2v) is 4.91. The maximum absolute atomic E-state index is 5.69. The van der Waals surface area contributed by atoms with Gasteiger partial charge in [-0.25, -0.2) is 0 Å².